The molecular weight excluding hydrogens is 309 g/mol. The van der Waals surface area contributed by atoms with Gasteiger partial charge in [-0.05, 0) is 56.1 Å². The Morgan fingerprint density at radius 3 is 2.62 bits per heavy atom. The summed E-state index contributed by atoms with van der Waals surface area (Å²) in [6, 6.07) is 6.99. The minimum Gasteiger partial charge on any atom is -0.330 e. The smallest absolute Gasteiger partial charge is 0.241 e. The van der Waals surface area contributed by atoms with Gasteiger partial charge in [-0.2, -0.15) is 0 Å². The van der Waals surface area contributed by atoms with E-state index in [0.717, 1.165) is 25.2 Å². The topological polar surface area (TPSA) is 58.4 Å². The van der Waals surface area contributed by atoms with E-state index in [1.807, 2.05) is 6.92 Å². The van der Waals surface area contributed by atoms with Crippen LogP contribution in [-0.2, 0) is 4.79 Å². The van der Waals surface area contributed by atoms with Gasteiger partial charge < -0.3 is 11.1 Å². The second-order valence-corrected chi connectivity index (χ2v) is 6.34. The molecule has 0 radical (unpaired) electrons. The van der Waals surface area contributed by atoms with E-state index >= 15 is 0 Å². The fourth-order valence-corrected chi connectivity index (χ4v) is 2.63. The highest BCUT2D eigenvalue weighted by atomic mass is 35.5. The zero-order chi connectivity index (χ0) is 14.8. The molecule has 2 unspecified atom stereocenters. The fourth-order valence-electron chi connectivity index (χ4n) is 2.50. The molecule has 1 aliphatic heterocycles. The van der Waals surface area contributed by atoms with Gasteiger partial charge in [0.05, 0.1) is 6.04 Å². The van der Waals surface area contributed by atoms with Gasteiger partial charge in [0, 0.05) is 17.3 Å². The lowest BCUT2D eigenvalue weighted by molar-refractivity contribution is -0.120. The maximum absolute atomic E-state index is 12.3. The maximum Gasteiger partial charge on any atom is 0.241 e. The Morgan fingerprint density at radius 1 is 1.48 bits per heavy atom. The Balaban J connectivity index is 0.00000220. The normalized spacial score (nSPS) is 23.4. The van der Waals surface area contributed by atoms with Gasteiger partial charge >= 0.3 is 0 Å². The number of carbonyl (C=O) groups is 1. The third-order valence-corrected chi connectivity index (χ3v) is 4.37. The van der Waals surface area contributed by atoms with E-state index in [2.05, 4.69) is 17.1 Å². The number of carbonyl (C=O) groups excluding carboxylic acids is 1. The SMILES string of the molecule is CC(C(=O)Nc1ccc(Cl)cc1)N1CCC(C)(CN)C1.Cl. The second kappa shape index (κ2) is 7.45. The molecule has 0 saturated carbocycles. The molecule has 21 heavy (non-hydrogen) atoms. The van der Waals surface area contributed by atoms with Crippen LogP contribution in [0.4, 0.5) is 5.69 Å². The van der Waals surface area contributed by atoms with Crippen molar-refractivity contribution in [2.24, 2.45) is 11.1 Å². The molecule has 0 aromatic heterocycles. The van der Waals surface area contributed by atoms with E-state index < -0.39 is 0 Å². The average molecular weight is 332 g/mol. The largest absolute Gasteiger partial charge is 0.330 e. The summed E-state index contributed by atoms with van der Waals surface area (Å²) < 4.78 is 0. The van der Waals surface area contributed by atoms with Gasteiger partial charge in [0.1, 0.15) is 0 Å². The number of amides is 1. The number of hydrogen-bond acceptors (Lipinski definition) is 3. The maximum atomic E-state index is 12.3. The van der Waals surface area contributed by atoms with Crippen molar-refractivity contribution in [2.45, 2.75) is 26.3 Å². The Labute approximate surface area is 137 Å². The molecule has 1 amide bonds. The van der Waals surface area contributed by atoms with E-state index in [4.69, 9.17) is 17.3 Å². The van der Waals surface area contributed by atoms with Gasteiger partial charge in [-0.1, -0.05) is 18.5 Å². The number of benzene rings is 1. The number of nitrogens with zero attached hydrogens (tertiary/aromatic N) is 1. The minimum absolute atomic E-state index is 0. The molecule has 0 aliphatic carbocycles. The van der Waals surface area contributed by atoms with Crippen LogP contribution in [-0.4, -0.2) is 36.5 Å². The van der Waals surface area contributed by atoms with Crippen LogP contribution in [0.25, 0.3) is 0 Å². The van der Waals surface area contributed by atoms with Crippen LogP contribution in [0, 0.1) is 5.41 Å². The van der Waals surface area contributed by atoms with Crippen molar-refractivity contribution in [1.29, 1.82) is 0 Å². The predicted molar refractivity (Wildman–Crippen MR) is 90.1 cm³/mol. The van der Waals surface area contributed by atoms with Crippen LogP contribution in [0.5, 0.6) is 0 Å². The molecule has 118 valence electrons. The van der Waals surface area contributed by atoms with Crippen LogP contribution >= 0.6 is 24.0 Å². The van der Waals surface area contributed by atoms with Gasteiger partial charge in [-0.15, -0.1) is 12.4 Å². The number of rotatable bonds is 4. The standard InChI is InChI=1S/C15H22ClN3O.ClH/c1-11(19-8-7-15(2,9-17)10-19)14(20)18-13-5-3-12(16)4-6-13;/h3-6,11H,7-10,17H2,1-2H3,(H,18,20);1H. The van der Waals surface area contributed by atoms with Crippen LogP contribution in [0.1, 0.15) is 20.3 Å². The lowest BCUT2D eigenvalue weighted by Gasteiger charge is -2.26. The first-order valence-electron chi connectivity index (χ1n) is 6.94. The van der Waals surface area contributed by atoms with Crippen LogP contribution in [0.3, 0.4) is 0 Å². The van der Waals surface area contributed by atoms with E-state index in [0.29, 0.717) is 11.6 Å². The molecule has 0 spiro atoms. The molecule has 2 atom stereocenters. The van der Waals surface area contributed by atoms with E-state index in [1.165, 1.54) is 0 Å². The highest BCUT2D eigenvalue weighted by Crippen LogP contribution is 2.30. The Hall–Kier alpha value is -0.810. The predicted octanol–water partition coefficient (Wildman–Crippen LogP) is 2.76. The van der Waals surface area contributed by atoms with Crippen molar-refractivity contribution >= 4 is 35.6 Å². The first-order chi connectivity index (χ1) is 9.43. The van der Waals surface area contributed by atoms with Crippen molar-refractivity contribution in [2.75, 3.05) is 25.0 Å². The highest BCUT2D eigenvalue weighted by molar-refractivity contribution is 6.30. The number of halogens is 2. The highest BCUT2D eigenvalue weighted by Gasteiger charge is 2.36. The third-order valence-electron chi connectivity index (χ3n) is 4.12. The fraction of sp³-hybridized carbons (Fsp3) is 0.533. The molecule has 1 aliphatic rings. The van der Waals surface area contributed by atoms with Crippen LogP contribution < -0.4 is 11.1 Å². The van der Waals surface area contributed by atoms with E-state index in [9.17, 15) is 4.79 Å². The van der Waals surface area contributed by atoms with Crippen molar-refractivity contribution < 1.29 is 4.79 Å². The van der Waals surface area contributed by atoms with Gasteiger partial charge in [-0.25, -0.2) is 0 Å². The average Bonchev–Trinajstić information content (AvgIpc) is 2.84. The number of likely N-dealkylation sites (tertiary alicyclic amines) is 1. The van der Waals surface area contributed by atoms with E-state index in [1.54, 1.807) is 24.3 Å². The summed E-state index contributed by atoms with van der Waals surface area (Å²) in [5.41, 5.74) is 6.71. The number of nitrogens with two attached hydrogens (primary N) is 1. The molecule has 4 nitrogen and oxygen atoms in total. The van der Waals surface area contributed by atoms with Crippen molar-refractivity contribution in [3.63, 3.8) is 0 Å². The zero-order valence-electron chi connectivity index (χ0n) is 12.4. The molecule has 1 fully saturated rings. The molecule has 1 saturated heterocycles. The summed E-state index contributed by atoms with van der Waals surface area (Å²) >= 11 is 5.83. The molecule has 3 N–H and O–H groups in total. The molecule has 0 bridgehead atoms. The summed E-state index contributed by atoms with van der Waals surface area (Å²) in [4.78, 5) is 14.5. The van der Waals surface area contributed by atoms with Crippen LogP contribution in [0.15, 0.2) is 24.3 Å². The molecule has 1 aromatic carbocycles. The van der Waals surface area contributed by atoms with E-state index in [-0.39, 0.29) is 29.8 Å². The summed E-state index contributed by atoms with van der Waals surface area (Å²) in [6.45, 7) is 6.57. The second-order valence-electron chi connectivity index (χ2n) is 5.91. The first-order valence-corrected chi connectivity index (χ1v) is 7.32. The van der Waals surface area contributed by atoms with Crippen LogP contribution in [0.2, 0.25) is 5.02 Å². The molecule has 1 aromatic rings. The summed E-state index contributed by atoms with van der Waals surface area (Å²) in [5, 5.41) is 3.58. The Kier molecular flexibility index (Phi) is 6.47. The summed E-state index contributed by atoms with van der Waals surface area (Å²) in [7, 11) is 0. The minimum atomic E-state index is -0.154. The van der Waals surface area contributed by atoms with Crippen molar-refractivity contribution in [3.8, 4) is 0 Å². The monoisotopic (exact) mass is 331 g/mol. The molecular formula is C15H23Cl2N3O. The zero-order valence-corrected chi connectivity index (χ0v) is 14.0. The van der Waals surface area contributed by atoms with Gasteiger partial charge in [0.2, 0.25) is 5.91 Å². The summed E-state index contributed by atoms with van der Waals surface area (Å²) in [6.07, 6.45) is 1.04. The van der Waals surface area contributed by atoms with Gasteiger partial charge in [0.25, 0.3) is 0 Å². The Bertz CT molecular complexity index is 480. The molecule has 6 heteroatoms. The molecule has 1 heterocycles. The summed E-state index contributed by atoms with van der Waals surface area (Å²) in [5.74, 6) is 0.00796. The van der Waals surface area contributed by atoms with Gasteiger partial charge in [-0.3, -0.25) is 9.69 Å². The number of anilines is 1. The Morgan fingerprint density at radius 2 is 2.10 bits per heavy atom. The first kappa shape index (κ1) is 18.2. The number of nitrogens with one attached hydrogen (secondary N) is 1. The van der Waals surface area contributed by atoms with Gasteiger partial charge in [0.15, 0.2) is 0 Å². The number of hydrogen-bond donors (Lipinski definition) is 2. The molecule has 2 rings (SSSR count). The quantitative estimate of drug-likeness (QED) is 0.891. The lowest BCUT2D eigenvalue weighted by atomic mass is 9.90. The van der Waals surface area contributed by atoms with Crippen molar-refractivity contribution in [1.82, 2.24) is 4.90 Å². The third kappa shape index (κ3) is 4.58. The lowest BCUT2D eigenvalue weighted by Crippen LogP contribution is -2.42. The van der Waals surface area contributed by atoms with Crippen molar-refractivity contribution in [3.05, 3.63) is 29.3 Å².